The van der Waals surface area contributed by atoms with E-state index in [0.29, 0.717) is 25.7 Å². The van der Waals surface area contributed by atoms with Gasteiger partial charge in [0, 0.05) is 25.7 Å². The van der Waals surface area contributed by atoms with Crippen LogP contribution < -0.4 is 0 Å². The number of rotatable bonds is 60. The highest BCUT2D eigenvalue weighted by atomic mass is 31.2. The van der Waals surface area contributed by atoms with Gasteiger partial charge in [-0.05, 0) is 31.6 Å². The second-order valence-corrected chi connectivity index (χ2v) is 24.9. The molecule has 3 N–H and O–H groups in total. The summed E-state index contributed by atoms with van der Waals surface area (Å²) in [6.07, 6.45) is 36.1. The first kappa shape index (κ1) is 77.1. The van der Waals surface area contributed by atoms with Crippen molar-refractivity contribution < 1.29 is 80.2 Å². The zero-order valence-electron chi connectivity index (χ0n) is 50.5. The van der Waals surface area contributed by atoms with Crippen LogP contribution in [0.25, 0.3) is 0 Å². The van der Waals surface area contributed by atoms with Crippen LogP contribution in [0.2, 0.25) is 0 Å². The monoisotopic (exact) mass is 1170 g/mol. The Morgan fingerprint density at radius 3 is 0.899 bits per heavy atom. The molecule has 3 unspecified atom stereocenters. The number of unbranched alkanes of at least 4 members (excludes halogenated alkanes) is 31. The van der Waals surface area contributed by atoms with Gasteiger partial charge in [-0.1, -0.05) is 247 Å². The maximum Gasteiger partial charge on any atom is 0.472 e. The molecule has 0 aromatic heterocycles. The predicted octanol–water partition coefficient (Wildman–Crippen LogP) is 16.2. The Balaban J connectivity index is 5.23. The van der Waals surface area contributed by atoms with E-state index in [1.165, 1.54) is 122 Å². The van der Waals surface area contributed by atoms with E-state index in [-0.39, 0.29) is 25.7 Å². The topological polar surface area (TPSA) is 237 Å². The van der Waals surface area contributed by atoms with Gasteiger partial charge < -0.3 is 33.8 Å². The van der Waals surface area contributed by atoms with E-state index in [2.05, 4.69) is 34.6 Å². The van der Waals surface area contributed by atoms with E-state index in [0.717, 1.165) is 95.8 Å². The third-order valence-corrected chi connectivity index (χ3v) is 16.0. The van der Waals surface area contributed by atoms with Crippen molar-refractivity contribution in [2.45, 2.75) is 316 Å². The summed E-state index contributed by atoms with van der Waals surface area (Å²) in [6.45, 7) is 7.08. The molecular formula is C60H116O17P2. The van der Waals surface area contributed by atoms with Gasteiger partial charge in [0.15, 0.2) is 12.2 Å². The van der Waals surface area contributed by atoms with Crippen LogP contribution >= 0.6 is 15.6 Å². The molecule has 0 aliphatic heterocycles. The fraction of sp³-hybridized carbons (Fsp3) is 0.933. The Bertz CT molecular complexity index is 1550. The summed E-state index contributed by atoms with van der Waals surface area (Å²) >= 11 is 0. The van der Waals surface area contributed by atoms with Gasteiger partial charge in [-0.25, -0.2) is 9.13 Å². The second kappa shape index (κ2) is 54.0. The summed E-state index contributed by atoms with van der Waals surface area (Å²) in [4.78, 5) is 71.9. The molecule has 0 rings (SSSR count). The maximum atomic E-state index is 12.9. The van der Waals surface area contributed by atoms with Gasteiger partial charge in [0.1, 0.15) is 19.3 Å². The predicted molar refractivity (Wildman–Crippen MR) is 312 cm³/mol. The van der Waals surface area contributed by atoms with Crippen molar-refractivity contribution in [3.8, 4) is 0 Å². The third-order valence-electron chi connectivity index (χ3n) is 14.1. The summed E-state index contributed by atoms with van der Waals surface area (Å²) in [5, 5.41) is 10.5. The molecule has 0 saturated heterocycles. The number of carbonyl (C=O) groups excluding carboxylic acids is 4. The van der Waals surface area contributed by atoms with Gasteiger partial charge in [0.25, 0.3) is 0 Å². The van der Waals surface area contributed by atoms with Gasteiger partial charge in [-0.15, -0.1) is 0 Å². The van der Waals surface area contributed by atoms with E-state index in [9.17, 15) is 43.2 Å². The zero-order chi connectivity index (χ0) is 58.5. The van der Waals surface area contributed by atoms with Crippen molar-refractivity contribution >= 4 is 39.5 Å². The highest BCUT2D eigenvalue weighted by molar-refractivity contribution is 7.47. The lowest BCUT2D eigenvalue weighted by Gasteiger charge is -2.21. The average molecular weight is 1170 g/mol. The zero-order valence-corrected chi connectivity index (χ0v) is 52.3. The van der Waals surface area contributed by atoms with Gasteiger partial charge in [0.05, 0.1) is 26.4 Å². The van der Waals surface area contributed by atoms with Crippen LogP contribution in [0.5, 0.6) is 0 Å². The Labute approximate surface area is 479 Å². The SMILES string of the molecule is CCCCCCCCCCCCC(=O)OC[C@H](COP(=O)(O)OC[C@@H](O)COP(=O)(O)OC[C@@H](COC(=O)CCCCCCCCCCC)OC(=O)CCCCCCCCCCCC)OC(=O)CCCCCCCCC(C)CC. The third kappa shape index (κ3) is 53.8. The Kier molecular flexibility index (Phi) is 52.7. The van der Waals surface area contributed by atoms with Crippen molar-refractivity contribution in [2.75, 3.05) is 39.6 Å². The second-order valence-electron chi connectivity index (χ2n) is 22.0. The molecule has 79 heavy (non-hydrogen) atoms. The van der Waals surface area contributed by atoms with Crippen molar-refractivity contribution in [3.63, 3.8) is 0 Å². The molecule has 0 saturated carbocycles. The number of phosphoric ester groups is 2. The van der Waals surface area contributed by atoms with E-state index in [4.69, 9.17) is 37.0 Å². The molecule has 0 amide bonds. The minimum atomic E-state index is -4.94. The molecule has 17 nitrogen and oxygen atoms in total. The van der Waals surface area contributed by atoms with Gasteiger partial charge in [0.2, 0.25) is 0 Å². The minimum Gasteiger partial charge on any atom is -0.462 e. The molecule has 0 heterocycles. The molecule has 0 bridgehead atoms. The van der Waals surface area contributed by atoms with Gasteiger partial charge in [-0.3, -0.25) is 37.3 Å². The average Bonchev–Trinajstić information content (AvgIpc) is 3.42. The van der Waals surface area contributed by atoms with Crippen LogP contribution in [0.4, 0.5) is 0 Å². The van der Waals surface area contributed by atoms with Gasteiger partial charge >= 0.3 is 39.5 Å². The number of hydrogen-bond donors (Lipinski definition) is 3. The fourth-order valence-corrected chi connectivity index (χ4v) is 10.4. The lowest BCUT2D eigenvalue weighted by molar-refractivity contribution is -0.161. The van der Waals surface area contributed by atoms with E-state index in [1.807, 2.05) is 0 Å². The quantitative estimate of drug-likeness (QED) is 0.0222. The van der Waals surface area contributed by atoms with Crippen molar-refractivity contribution in [1.82, 2.24) is 0 Å². The Morgan fingerprint density at radius 2 is 0.608 bits per heavy atom. The highest BCUT2D eigenvalue weighted by Crippen LogP contribution is 2.45. The molecule has 6 atom stereocenters. The van der Waals surface area contributed by atoms with Crippen LogP contribution in [-0.4, -0.2) is 96.7 Å². The molecule has 0 spiro atoms. The summed E-state index contributed by atoms with van der Waals surface area (Å²) < 4.78 is 67.7. The van der Waals surface area contributed by atoms with Crippen molar-refractivity contribution in [2.24, 2.45) is 5.92 Å². The number of hydrogen-bond acceptors (Lipinski definition) is 15. The molecule has 468 valence electrons. The standard InChI is InChI=1S/C60H116O17P2/c1-6-10-13-16-19-22-25-28-34-39-44-58(63)71-50-56(77-60(65)46-41-36-31-30-32-37-42-53(5)9-4)52-75-79(68,69)73-48-54(61)47-72-78(66,67)74-51-55(49-70-57(62)43-38-33-27-24-21-18-15-12-8-3)76-59(64)45-40-35-29-26-23-20-17-14-11-7-2/h53-56,61H,6-52H2,1-5H3,(H,66,67)(H,68,69)/t53?,54-,55+,56+/m0/s1. The number of phosphoric acid groups is 2. The number of aliphatic hydroxyl groups excluding tert-OH is 1. The molecule has 19 heteroatoms. The normalized spacial score (nSPS) is 14.7. The molecule has 0 radical (unpaired) electrons. The fourth-order valence-electron chi connectivity index (χ4n) is 8.84. The summed E-state index contributed by atoms with van der Waals surface area (Å²) in [7, 11) is -9.87. The van der Waals surface area contributed by atoms with Crippen LogP contribution in [0, 0.1) is 5.92 Å². The number of ether oxygens (including phenoxy) is 4. The highest BCUT2D eigenvalue weighted by Gasteiger charge is 2.30. The van der Waals surface area contributed by atoms with Crippen LogP contribution in [0.1, 0.15) is 298 Å². The summed E-state index contributed by atoms with van der Waals surface area (Å²) in [6, 6.07) is 0. The summed E-state index contributed by atoms with van der Waals surface area (Å²) in [5.41, 5.74) is 0. The lowest BCUT2D eigenvalue weighted by Crippen LogP contribution is -2.30. The van der Waals surface area contributed by atoms with Crippen LogP contribution in [-0.2, 0) is 65.4 Å². The first-order valence-electron chi connectivity index (χ1n) is 31.7. The van der Waals surface area contributed by atoms with Gasteiger partial charge in [-0.2, -0.15) is 0 Å². The molecule has 0 aliphatic carbocycles. The smallest absolute Gasteiger partial charge is 0.462 e. The van der Waals surface area contributed by atoms with Crippen LogP contribution in [0.3, 0.4) is 0 Å². The van der Waals surface area contributed by atoms with Crippen LogP contribution in [0.15, 0.2) is 0 Å². The first-order chi connectivity index (χ1) is 38.1. The number of carbonyl (C=O) groups is 4. The first-order valence-corrected chi connectivity index (χ1v) is 34.7. The largest absolute Gasteiger partial charge is 0.472 e. The lowest BCUT2D eigenvalue weighted by atomic mass is 10.00. The molecule has 0 aromatic carbocycles. The summed E-state index contributed by atoms with van der Waals surface area (Å²) in [5.74, 6) is -1.42. The Morgan fingerprint density at radius 1 is 0.354 bits per heavy atom. The molecule has 0 aromatic rings. The van der Waals surface area contributed by atoms with E-state index < -0.39 is 97.5 Å². The minimum absolute atomic E-state index is 0.103. The molecule has 0 aliphatic rings. The number of aliphatic hydroxyl groups is 1. The van der Waals surface area contributed by atoms with Crippen molar-refractivity contribution in [1.29, 1.82) is 0 Å². The van der Waals surface area contributed by atoms with E-state index >= 15 is 0 Å². The van der Waals surface area contributed by atoms with E-state index in [1.54, 1.807) is 0 Å². The molecular weight excluding hydrogens is 1050 g/mol. The molecule has 0 fully saturated rings. The maximum absolute atomic E-state index is 12.9. The Hall–Kier alpha value is -1.94. The number of esters is 4. The van der Waals surface area contributed by atoms with Crippen molar-refractivity contribution in [3.05, 3.63) is 0 Å².